The van der Waals surface area contributed by atoms with Crippen molar-refractivity contribution in [3.8, 4) is 5.75 Å². The minimum Gasteiger partial charge on any atom is -0.478 e. The first-order chi connectivity index (χ1) is 15.5. The molecule has 0 bridgehead atoms. The molecule has 1 amide bonds. The van der Waals surface area contributed by atoms with Gasteiger partial charge in [0, 0.05) is 27.7 Å². The van der Waals surface area contributed by atoms with Crippen LogP contribution >= 0.6 is 23.2 Å². The minimum atomic E-state index is -0.672. The second kappa shape index (κ2) is 9.90. The summed E-state index contributed by atoms with van der Waals surface area (Å²) in [7, 11) is 0. The van der Waals surface area contributed by atoms with E-state index in [1.807, 2.05) is 18.2 Å². The Morgan fingerprint density at radius 1 is 1.12 bits per heavy atom. The summed E-state index contributed by atoms with van der Waals surface area (Å²) < 4.78 is 21.1. The van der Waals surface area contributed by atoms with E-state index in [4.69, 9.17) is 27.9 Å². The van der Waals surface area contributed by atoms with Gasteiger partial charge in [-0.1, -0.05) is 53.5 Å². The summed E-state index contributed by atoms with van der Waals surface area (Å²) in [5.41, 5.74) is 1.65. The van der Waals surface area contributed by atoms with Crippen LogP contribution < -0.4 is 4.74 Å². The summed E-state index contributed by atoms with van der Waals surface area (Å²) >= 11 is 12.4. The van der Waals surface area contributed by atoms with Crippen LogP contribution in [-0.2, 0) is 0 Å². The molecule has 1 heterocycles. The predicted molar refractivity (Wildman–Crippen MR) is 123 cm³/mol. The molecular weight excluding hydrogens is 452 g/mol. The van der Waals surface area contributed by atoms with E-state index in [0.717, 1.165) is 18.4 Å². The Labute approximate surface area is 196 Å². The number of carbonyl (C=O) groups is 1. The van der Waals surface area contributed by atoms with Gasteiger partial charge in [0.1, 0.15) is 0 Å². The Morgan fingerprint density at radius 3 is 2.56 bits per heavy atom. The number of aliphatic hydroxyl groups is 1. The number of aliphatic hydroxyl groups excluding tert-OH is 1. The molecule has 1 aliphatic heterocycles. The van der Waals surface area contributed by atoms with Gasteiger partial charge in [-0.25, -0.2) is 4.39 Å². The van der Waals surface area contributed by atoms with Gasteiger partial charge in [-0.2, -0.15) is 0 Å². The zero-order valence-electron chi connectivity index (χ0n) is 17.2. The van der Waals surface area contributed by atoms with Crippen LogP contribution in [0.15, 0.2) is 66.7 Å². The van der Waals surface area contributed by atoms with E-state index in [9.17, 15) is 9.90 Å². The molecule has 0 radical (unpaired) electrons. The Morgan fingerprint density at radius 2 is 1.88 bits per heavy atom. The first-order valence-corrected chi connectivity index (χ1v) is 11.1. The van der Waals surface area contributed by atoms with Crippen LogP contribution in [0.5, 0.6) is 5.75 Å². The van der Waals surface area contributed by atoms with Crippen molar-refractivity contribution in [2.75, 3.05) is 13.2 Å². The molecule has 1 N–H and O–H groups in total. The average molecular weight is 474 g/mol. The van der Waals surface area contributed by atoms with E-state index in [-0.39, 0.29) is 29.9 Å². The van der Waals surface area contributed by atoms with Gasteiger partial charge in [0.05, 0.1) is 12.6 Å². The number of halogens is 3. The van der Waals surface area contributed by atoms with Gasteiger partial charge in [-0.05, 0) is 54.8 Å². The largest absolute Gasteiger partial charge is 0.478 e. The van der Waals surface area contributed by atoms with Crippen molar-refractivity contribution in [3.05, 3.63) is 99.3 Å². The van der Waals surface area contributed by atoms with E-state index in [0.29, 0.717) is 22.2 Å². The molecule has 2 atom stereocenters. The number of hydrogen-bond acceptors (Lipinski definition) is 3. The molecule has 3 aromatic rings. The number of hydrogen-bond donors (Lipinski definition) is 1. The summed E-state index contributed by atoms with van der Waals surface area (Å²) in [6.45, 7) is 0.450. The highest BCUT2D eigenvalue weighted by molar-refractivity contribution is 6.31. The van der Waals surface area contributed by atoms with Gasteiger partial charge < -0.3 is 14.7 Å². The van der Waals surface area contributed by atoms with Crippen molar-refractivity contribution in [1.82, 2.24) is 4.90 Å². The molecule has 1 saturated heterocycles. The van der Waals surface area contributed by atoms with Crippen molar-refractivity contribution in [3.63, 3.8) is 0 Å². The molecule has 166 valence electrons. The Hall–Kier alpha value is -2.60. The highest BCUT2D eigenvalue weighted by Gasteiger charge is 2.29. The number of ether oxygens (including phenoxy) is 1. The fraction of sp³-hybridized carbons (Fsp3) is 0.240. The lowest BCUT2D eigenvalue weighted by molar-refractivity contribution is 0.0677. The number of likely N-dealkylation sites (tertiary alicyclic amines) is 1. The van der Waals surface area contributed by atoms with Crippen LogP contribution in [0.2, 0.25) is 10.0 Å². The summed E-state index contributed by atoms with van der Waals surface area (Å²) in [4.78, 5) is 14.4. The number of rotatable bonds is 6. The highest BCUT2D eigenvalue weighted by Crippen LogP contribution is 2.34. The minimum absolute atomic E-state index is 0.00144. The van der Waals surface area contributed by atoms with Crippen LogP contribution in [0.3, 0.4) is 0 Å². The van der Waals surface area contributed by atoms with Crippen LogP contribution in [0.4, 0.5) is 4.39 Å². The maximum absolute atomic E-state index is 15.0. The molecule has 1 aliphatic rings. The molecule has 3 aromatic carbocycles. The first-order valence-electron chi connectivity index (χ1n) is 10.4. The SMILES string of the molecule is O=C(c1ccc(OC(c2ccc(Cl)cc2)c2ccccc2Cl)c(F)c1)N1CCCC1CO. The summed E-state index contributed by atoms with van der Waals surface area (Å²) in [6.07, 6.45) is 0.891. The summed E-state index contributed by atoms with van der Waals surface area (Å²) in [6, 6.07) is 18.2. The fourth-order valence-electron chi connectivity index (χ4n) is 3.95. The predicted octanol–water partition coefficient (Wildman–Crippen LogP) is 5.90. The van der Waals surface area contributed by atoms with Gasteiger partial charge in [0.2, 0.25) is 0 Å². The maximum atomic E-state index is 15.0. The molecule has 4 nitrogen and oxygen atoms in total. The fourth-order valence-corrected chi connectivity index (χ4v) is 4.31. The third-order valence-corrected chi connectivity index (χ3v) is 6.23. The molecule has 0 spiro atoms. The second-order valence-electron chi connectivity index (χ2n) is 7.69. The van der Waals surface area contributed by atoms with E-state index >= 15 is 4.39 Å². The van der Waals surface area contributed by atoms with E-state index < -0.39 is 11.9 Å². The molecule has 1 fully saturated rings. The number of amides is 1. The van der Waals surface area contributed by atoms with Gasteiger partial charge in [-0.3, -0.25) is 4.79 Å². The molecule has 32 heavy (non-hydrogen) atoms. The zero-order chi connectivity index (χ0) is 22.7. The summed E-state index contributed by atoms with van der Waals surface area (Å²) in [5.74, 6) is -0.949. The van der Waals surface area contributed by atoms with E-state index in [2.05, 4.69) is 0 Å². The quantitative estimate of drug-likeness (QED) is 0.484. The average Bonchev–Trinajstić information content (AvgIpc) is 3.28. The van der Waals surface area contributed by atoms with Gasteiger partial charge in [0.25, 0.3) is 5.91 Å². The number of benzene rings is 3. The van der Waals surface area contributed by atoms with Crippen LogP contribution in [0, 0.1) is 5.82 Å². The summed E-state index contributed by atoms with van der Waals surface area (Å²) in [5, 5.41) is 10.5. The molecule has 0 aliphatic carbocycles. The van der Waals surface area contributed by atoms with E-state index in [1.165, 1.54) is 12.1 Å². The third-order valence-electron chi connectivity index (χ3n) is 5.63. The topological polar surface area (TPSA) is 49.8 Å². The molecular formula is C25H22Cl2FNO3. The Balaban J connectivity index is 1.63. The molecule has 4 rings (SSSR count). The first kappa shape index (κ1) is 22.6. The smallest absolute Gasteiger partial charge is 0.254 e. The Kier molecular flexibility index (Phi) is 6.99. The second-order valence-corrected chi connectivity index (χ2v) is 8.54. The lowest BCUT2D eigenvalue weighted by Crippen LogP contribution is -2.37. The van der Waals surface area contributed by atoms with E-state index in [1.54, 1.807) is 41.3 Å². The monoisotopic (exact) mass is 473 g/mol. The maximum Gasteiger partial charge on any atom is 0.254 e. The van der Waals surface area contributed by atoms with Crippen molar-refractivity contribution < 1.29 is 19.0 Å². The molecule has 0 aromatic heterocycles. The normalized spacial score (nSPS) is 16.8. The van der Waals surface area contributed by atoms with Crippen molar-refractivity contribution in [1.29, 1.82) is 0 Å². The highest BCUT2D eigenvalue weighted by atomic mass is 35.5. The van der Waals surface area contributed by atoms with Crippen molar-refractivity contribution in [2.24, 2.45) is 0 Å². The number of carbonyl (C=O) groups excluding carboxylic acids is 1. The Bertz CT molecular complexity index is 1110. The third kappa shape index (κ3) is 4.75. The van der Waals surface area contributed by atoms with Crippen LogP contribution in [0.25, 0.3) is 0 Å². The van der Waals surface area contributed by atoms with Gasteiger partial charge in [-0.15, -0.1) is 0 Å². The molecule has 2 unspecified atom stereocenters. The van der Waals surface area contributed by atoms with Gasteiger partial charge >= 0.3 is 0 Å². The molecule has 0 saturated carbocycles. The van der Waals surface area contributed by atoms with Crippen LogP contribution in [0.1, 0.15) is 40.4 Å². The van der Waals surface area contributed by atoms with Crippen molar-refractivity contribution in [2.45, 2.75) is 25.0 Å². The number of nitrogens with zero attached hydrogens (tertiary/aromatic N) is 1. The lowest BCUT2D eigenvalue weighted by Gasteiger charge is -2.24. The van der Waals surface area contributed by atoms with Crippen molar-refractivity contribution >= 4 is 29.1 Å². The van der Waals surface area contributed by atoms with Gasteiger partial charge in [0.15, 0.2) is 17.7 Å². The molecule has 7 heteroatoms. The lowest BCUT2D eigenvalue weighted by atomic mass is 10.0. The van der Waals surface area contributed by atoms with Crippen LogP contribution in [-0.4, -0.2) is 35.1 Å². The standard InChI is InChI=1S/C25H22Cl2FNO3/c26-18-10-7-16(8-11-18)24(20-5-1-2-6-21(20)27)32-23-12-9-17(14-22(23)28)25(31)29-13-3-4-19(29)15-30/h1-2,5-12,14,19,24,30H,3-4,13,15H2. The zero-order valence-corrected chi connectivity index (χ0v) is 18.7.